The molecular formula is C24H42NO+. The van der Waals surface area contributed by atoms with E-state index in [1.54, 1.807) is 0 Å². The molecular weight excluding hydrogens is 318 g/mol. The monoisotopic (exact) mass is 360 g/mol. The minimum absolute atomic E-state index is 0.746. The second kappa shape index (κ2) is 11.0. The number of rotatable bonds is 11. The van der Waals surface area contributed by atoms with Gasteiger partial charge >= 0.3 is 0 Å². The molecule has 1 saturated carbocycles. The van der Waals surface area contributed by atoms with Gasteiger partial charge in [0.05, 0.1) is 33.3 Å². The fourth-order valence-electron chi connectivity index (χ4n) is 4.60. The second-order valence-electron chi connectivity index (χ2n) is 8.84. The SMILES string of the molecule is CCCCCCCOc1ccc(C2CCC([N+](C)(C)CCC)CC2)cc1. The highest BCUT2D eigenvalue weighted by molar-refractivity contribution is 5.29. The lowest BCUT2D eigenvalue weighted by Gasteiger charge is -2.41. The van der Waals surface area contributed by atoms with Gasteiger partial charge in [-0.05, 0) is 49.3 Å². The van der Waals surface area contributed by atoms with Crippen molar-refractivity contribution < 1.29 is 9.22 Å². The van der Waals surface area contributed by atoms with Gasteiger partial charge in [0, 0.05) is 12.8 Å². The number of ether oxygens (including phenoxy) is 1. The van der Waals surface area contributed by atoms with E-state index in [2.05, 4.69) is 52.2 Å². The summed E-state index contributed by atoms with van der Waals surface area (Å²) >= 11 is 0. The van der Waals surface area contributed by atoms with Crippen LogP contribution < -0.4 is 4.74 Å². The lowest BCUT2D eigenvalue weighted by molar-refractivity contribution is -0.916. The van der Waals surface area contributed by atoms with E-state index in [0.717, 1.165) is 24.3 Å². The van der Waals surface area contributed by atoms with Gasteiger partial charge in [0.25, 0.3) is 0 Å². The molecule has 0 atom stereocenters. The van der Waals surface area contributed by atoms with Gasteiger partial charge in [-0.3, -0.25) is 0 Å². The average Bonchev–Trinajstić information content (AvgIpc) is 2.65. The molecule has 1 aromatic rings. The molecule has 2 rings (SSSR count). The Labute approximate surface area is 162 Å². The van der Waals surface area contributed by atoms with Crippen LogP contribution in [-0.4, -0.2) is 37.8 Å². The van der Waals surface area contributed by atoms with Crippen LogP contribution >= 0.6 is 0 Å². The standard InChI is InChI=1S/C24H42NO/c1-5-7-8-9-10-20-26-24-17-13-22(14-18-24)21-11-15-23(16-12-21)25(3,4)19-6-2/h13-14,17-18,21,23H,5-12,15-16,19-20H2,1-4H3/q+1. The first kappa shape index (κ1) is 21.3. The van der Waals surface area contributed by atoms with Crippen molar-refractivity contribution in [3.63, 3.8) is 0 Å². The number of hydrogen-bond acceptors (Lipinski definition) is 1. The van der Waals surface area contributed by atoms with Crippen molar-refractivity contribution in [1.82, 2.24) is 0 Å². The third-order valence-electron chi connectivity index (χ3n) is 6.35. The zero-order valence-corrected chi connectivity index (χ0v) is 17.8. The van der Waals surface area contributed by atoms with E-state index in [4.69, 9.17) is 4.74 Å². The summed E-state index contributed by atoms with van der Waals surface area (Å²) in [5.41, 5.74) is 1.51. The van der Waals surface area contributed by atoms with E-state index in [1.165, 1.54) is 80.8 Å². The van der Waals surface area contributed by atoms with E-state index in [1.807, 2.05) is 0 Å². The van der Waals surface area contributed by atoms with E-state index in [-0.39, 0.29) is 0 Å². The maximum Gasteiger partial charge on any atom is 0.119 e. The van der Waals surface area contributed by atoms with Crippen LogP contribution in [0.25, 0.3) is 0 Å². The minimum atomic E-state index is 0.746. The predicted octanol–water partition coefficient (Wildman–Crippen LogP) is 6.55. The zero-order chi connectivity index (χ0) is 18.8. The van der Waals surface area contributed by atoms with Crippen LogP contribution in [0.5, 0.6) is 5.75 Å². The first-order valence-corrected chi connectivity index (χ1v) is 11.1. The summed E-state index contributed by atoms with van der Waals surface area (Å²) in [4.78, 5) is 0. The van der Waals surface area contributed by atoms with Gasteiger partial charge in [-0.15, -0.1) is 0 Å². The van der Waals surface area contributed by atoms with E-state index >= 15 is 0 Å². The fourth-order valence-corrected chi connectivity index (χ4v) is 4.60. The maximum absolute atomic E-state index is 5.91. The van der Waals surface area contributed by atoms with Gasteiger partial charge < -0.3 is 9.22 Å². The van der Waals surface area contributed by atoms with Crippen molar-refractivity contribution in [2.24, 2.45) is 0 Å². The first-order valence-electron chi connectivity index (χ1n) is 11.1. The van der Waals surface area contributed by atoms with Crippen LogP contribution in [-0.2, 0) is 0 Å². The molecule has 0 aliphatic heterocycles. The van der Waals surface area contributed by atoms with Gasteiger partial charge in [0.15, 0.2) is 0 Å². The molecule has 1 aliphatic carbocycles. The molecule has 0 N–H and O–H groups in total. The van der Waals surface area contributed by atoms with Crippen molar-refractivity contribution in [3.8, 4) is 5.75 Å². The Balaban J connectivity index is 1.74. The Morgan fingerprint density at radius 3 is 2.12 bits per heavy atom. The summed E-state index contributed by atoms with van der Waals surface area (Å²) in [7, 11) is 4.84. The largest absolute Gasteiger partial charge is 0.494 e. The van der Waals surface area contributed by atoms with E-state index < -0.39 is 0 Å². The van der Waals surface area contributed by atoms with Gasteiger partial charge in [0.2, 0.25) is 0 Å². The van der Waals surface area contributed by atoms with Crippen LogP contribution in [0.1, 0.15) is 89.5 Å². The smallest absolute Gasteiger partial charge is 0.119 e. The molecule has 0 heterocycles. The summed E-state index contributed by atoms with van der Waals surface area (Å²) in [6.07, 6.45) is 13.2. The Morgan fingerprint density at radius 2 is 1.50 bits per heavy atom. The van der Waals surface area contributed by atoms with E-state index in [9.17, 15) is 0 Å². The molecule has 2 heteroatoms. The fraction of sp³-hybridized carbons (Fsp3) is 0.750. The van der Waals surface area contributed by atoms with Crippen molar-refractivity contribution in [2.75, 3.05) is 27.2 Å². The van der Waals surface area contributed by atoms with Crippen LogP contribution in [0.15, 0.2) is 24.3 Å². The molecule has 148 valence electrons. The van der Waals surface area contributed by atoms with Crippen LogP contribution in [0.2, 0.25) is 0 Å². The maximum atomic E-state index is 5.91. The second-order valence-corrected chi connectivity index (χ2v) is 8.84. The summed E-state index contributed by atoms with van der Waals surface area (Å²) in [5.74, 6) is 1.79. The first-order chi connectivity index (χ1) is 12.6. The molecule has 1 aliphatic rings. The Hall–Kier alpha value is -1.02. The number of hydrogen-bond donors (Lipinski definition) is 0. The number of quaternary nitrogens is 1. The highest BCUT2D eigenvalue weighted by Gasteiger charge is 2.32. The van der Waals surface area contributed by atoms with Crippen molar-refractivity contribution >= 4 is 0 Å². The third kappa shape index (κ3) is 6.61. The average molecular weight is 361 g/mol. The molecule has 0 spiro atoms. The molecule has 26 heavy (non-hydrogen) atoms. The Kier molecular flexibility index (Phi) is 8.98. The van der Waals surface area contributed by atoms with Gasteiger partial charge in [0.1, 0.15) is 5.75 Å². The number of unbranched alkanes of at least 4 members (excludes halogenated alkanes) is 4. The lowest BCUT2D eigenvalue weighted by Crippen LogP contribution is -2.50. The van der Waals surface area contributed by atoms with E-state index in [0.29, 0.717) is 0 Å². The molecule has 0 amide bonds. The van der Waals surface area contributed by atoms with Gasteiger partial charge in [-0.2, -0.15) is 0 Å². The summed E-state index contributed by atoms with van der Waals surface area (Å²) in [6, 6.07) is 9.84. The highest BCUT2D eigenvalue weighted by atomic mass is 16.5. The van der Waals surface area contributed by atoms with Gasteiger partial charge in [-0.1, -0.05) is 51.7 Å². The number of benzene rings is 1. The molecule has 0 aromatic heterocycles. The lowest BCUT2D eigenvalue weighted by atomic mass is 9.80. The molecule has 0 saturated heterocycles. The van der Waals surface area contributed by atoms with Crippen molar-refractivity contribution in [1.29, 1.82) is 0 Å². The van der Waals surface area contributed by atoms with Crippen molar-refractivity contribution in [3.05, 3.63) is 29.8 Å². The molecule has 2 nitrogen and oxygen atoms in total. The van der Waals surface area contributed by atoms with Crippen LogP contribution in [0, 0.1) is 0 Å². The summed E-state index contributed by atoms with van der Waals surface area (Å²) in [6.45, 7) is 6.73. The summed E-state index contributed by atoms with van der Waals surface area (Å²) < 4.78 is 7.12. The Morgan fingerprint density at radius 1 is 0.846 bits per heavy atom. The molecule has 1 aromatic carbocycles. The normalized spacial score (nSPS) is 20.9. The molecule has 0 radical (unpaired) electrons. The zero-order valence-electron chi connectivity index (χ0n) is 17.8. The Bertz CT molecular complexity index is 485. The highest BCUT2D eigenvalue weighted by Crippen LogP contribution is 2.36. The minimum Gasteiger partial charge on any atom is -0.494 e. The third-order valence-corrected chi connectivity index (χ3v) is 6.35. The predicted molar refractivity (Wildman–Crippen MR) is 113 cm³/mol. The van der Waals surface area contributed by atoms with Crippen molar-refractivity contribution in [2.45, 2.75) is 90.0 Å². The molecule has 0 unspecified atom stereocenters. The summed E-state index contributed by atoms with van der Waals surface area (Å²) in [5, 5.41) is 0. The van der Waals surface area contributed by atoms with Crippen LogP contribution in [0.3, 0.4) is 0 Å². The van der Waals surface area contributed by atoms with Gasteiger partial charge in [-0.25, -0.2) is 0 Å². The topological polar surface area (TPSA) is 9.23 Å². The quantitative estimate of drug-likeness (QED) is 0.321. The van der Waals surface area contributed by atoms with Crippen LogP contribution in [0.4, 0.5) is 0 Å². The molecule has 0 bridgehead atoms. The number of nitrogens with zero attached hydrogens (tertiary/aromatic N) is 1. The molecule has 1 fully saturated rings.